The molecular formula is C36H64O9. The fourth-order valence-corrected chi connectivity index (χ4v) is 7.36. The number of allylic oxidation sites excluding steroid dienone is 3. The molecule has 1 aliphatic heterocycles. The van der Waals surface area contributed by atoms with Crippen molar-refractivity contribution in [2.45, 2.75) is 142 Å². The molecule has 2 rings (SSSR count). The second-order valence-corrected chi connectivity index (χ2v) is 14.3. The summed E-state index contributed by atoms with van der Waals surface area (Å²) < 4.78 is 28.9. The number of hydrogen-bond donors (Lipinski definition) is 3. The van der Waals surface area contributed by atoms with Gasteiger partial charge in [-0.2, -0.15) is 0 Å². The highest BCUT2D eigenvalue weighted by Crippen LogP contribution is 2.37. The Morgan fingerprint density at radius 1 is 1.00 bits per heavy atom. The molecule has 0 radical (unpaired) electrons. The molecule has 0 amide bonds. The van der Waals surface area contributed by atoms with Gasteiger partial charge in [0.25, 0.3) is 0 Å². The summed E-state index contributed by atoms with van der Waals surface area (Å²) in [5.41, 5.74) is 1.67. The smallest absolute Gasteiger partial charge is 0.165 e. The minimum absolute atomic E-state index is 0.0296. The standard InChI is InChI=1S/C36H64O9/c1-21(14-22(2)16-32(42-9)35-33(43-10)18-25(5)36(7,40)45-35)15-23(3)29(38)20-30(39)26(6)34(44-11)24(4)17-27-12-13-28(37)31(19-27)41-8/h15,17,21-22,25-28,30-35,37,39-40H,12-14,16,18-20H2,1-11H3/t21?,22-,25+,26+,27?,28+,30-,31+,32-,33-,34+,35+,36?/m0/s1. The fourth-order valence-electron chi connectivity index (χ4n) is 7.36. The van der Waals surface area contributed by atoms with Crippen molar-refractivity contribution in [3.05, 3.63) is 23.3 Å². The quantitative estimate of drug-likeness (QED) is 0.145. The molecule has 0 spiro atoms. The van der Waals surface area contributed by atoms with Crippen LogP contribution in [-0.4, -0.2) is 98.1 Å². The van der Waals surface area contributed by atoms with Crippen LogP contribution in [0.3, 0.4) is 0 Å². The molecule has 0 aromatic rings. The maximum Gasteiger partial charge on any atom is 0.165 e. The second-order valence-electron chi connectivity index (χ2n) is 14.3. The number of carbonyl (C=O) groups is 1. The Morgan fingerprint density at radius 2 is 1.64 bits per heavy atom. The molecule has 9 nitrogen and oxygen atoms in total. The van der Waals surface area contributed by atoms with Crippen molar-refractivity contribution < 1.29 is 43.8 Å². The topological polar surface area (TPSA) is 124 Å². The van der Waals surface area contributed by atoms with Gasteiger partial charge in [0.2, 0.25) is 0 Å². The summed E-state index contributed by atoms with van der Waals surface area (Å²) >= 11 is 0. The Bertz CT molecular complexity index is 962. The van der Waals surface area contributed by atoms with Gasteiger partial charge in [0, 0.05) is 46.7 Å². The molecule has 2 aliphatic rings. The van der Waals surface area contributed by atoms with Gasteiger partial charge in [-0.25, -0.2) is 0 Å². The minimum Gasteiger partial charge on any atom is -0.392 e. The van der Waals surface area contributed by atoms with Crippen LogP contribution in [0.1, 0.15) is 93.4 Å². The van der Waals surface area contributed by atoms with Gasteiger partial charge in [0.15, 0.2) is 11.6 Å². The lowest BCUT2D eigenvalue weighted by Gasteiger charge is -2.46. The van der Waals surface area contributed by atoms with Crippen molar-refractivity contribution in [1.29, 1.82) is 0 Å². The SMILES string of the molecule is CO[C@@H](C[C@@H](C)CC(C)C=C(C)C(=O)C[C@H](O)[C@@H](C)[C@H](OC)C(C)=CC1CC[C@@H](O)[C@H](OC)C1)[C@H]1OC(C)(O)[C@H](C)C[C@@H]1OC. The van der Waals surface area contributed by atoms with Gasteiger partial charge < -0.3 is 39.0 Å². The van der Waals surface area contributed by atoms with Crippen LogP contribution in [0, 0.1) is 29.6 Å². The first-order valence-corrected chi connectivity index (χ1v) is 16.9. The van der Waals surface area contributed by atoms with E-state index in [1.165, 1.54) is 0 Å². The highest BCUT2D eigenvalue weighted by molar-refractivity contribution is 5.95. The number of hydrogen-bond acceptors (Lipinski definition) is 9. The molecule has 1 saturated carbocycles. The number of Topliss-reactive ketones (excluding diaryl/α,β-unsaturated/α-hetero) is 1. The van der Waals surface area contributed by atoms with Crippen LogP contribution < -0.4 is 0 Å². The van der Waals surface area contributed by atoms with Gasteiger partial charge in [0.1, 0.15) is 6.10 Å². The summed E-state index contributed by atoms with van der Waals surface area (Å²) in [4.78, 5) is 13.2. The zero-order valence-electron chi connectivity index (χ0n) is 29.8. The molecule has 1 saturated heterocycles. The van der Waals surface area contributed by atoms with Crippen LogP contribution in [0.2, 0.25) is 0 Å². The Hall–Kier alpha value is -1.17. The van der Waals surface area contributed by atoms with Gasteiger partial charge in [-0.05, 0) is 88.2 Å². The molecule has 262 valence electrons. The largest absolute Gasteiger partial charge is 0.392 e. The molecule has 1 heterocycles. The summed E-state index contributed by atoms with van der Waals surface area (Å²) in [6, 6.07) is 0. The third-order valence-electron chi connectivity index (χ3n) is 10.4. The Kier molecular flexibility index (Phi) is 16.4. The van der Waals surface area contributed by atoms with Gasteiger partial charge in [-0.3, -0.25) is 4.79 Å². The number of ether oxygens (including phenoxy) is 5. The van der Waals surface area contributed by atoms with Crippen LogP contribution in [0.4, 0.5) is 0 Å². The molecule has 0 bridgehead atoms. The van der Waals surface area contributed by atoms with Gasteiger partial charge >= 0.3 is 0 Å². The zero-order valence-corrected chi connectivity index (χ0v) is 29.8. The van der Waals surface area contributed by atoms with E-state index in [1.807, 2.05) is 33.8 Å². The fraction of sp³-hybridized carbons (Fsp3) is 0.861. The summed E-state index contributed by atoms with van der Waals surface area (Å²) in [6.07, 6.45) is 6.23. The maximum absolute atomic E-state index is 13.2. The Morgan fingerprint density at radius 3 is 2.22 bits per heavy atom. The minimum atomic E-state index is -1.23. The van der Waals surface area contributed by atoms with E-state index in [-0.39, 0.29) is 72.3 Å². The summed E-state index contributed by atoms with van der Waals surface area (Å²) in [5, 5.41) is 32.0. The van der Waals surface area contributed by atoms with E-state index in [0.29, 0.717) is 18.4 Å². The van der Waals surface area contributed by atoms with E-state index in [1.54, 1.807) is 35.4 Å². The van der Waals surface area contributed by atoms with E-state index in [0.717, 1.165) is 31.3 Å². The molecule has 13 atom stereocenters. The molecule has 1 aliphatic carbocycles. The Balaban J connectivity index is 1.95. The van der Waals surface area contributed by atoms with Crippen molar-refractivity contribution in [1.82, 2.24) is 0 Å². The van der Waals surface area contributed by atoms with E-state index in [4.69, 9.17) is 23.7 Å². The first kappa shape index (κ1) is 40.0. The van der Waals surface area contributed by atoms with Crippen molar-refractivity contribution in [2.24, 2.45) is 29.6 Å². The van der Waals surface area contributed by atoms with Crippen molar-refractivity contribution in [3.8, 4) is 0 Å². The van der Waals surface area contributed by atoms with Gasteiger partial charge in [0.05, 0.1) is 36.6 Å². The van der Waals surface area contributed by atoms with Gasteiger partial charge in [-0.15, -0.1) is 0 Å². The van der Waals surface area contributed by atoms with E-state index < -0.39 is 18.0 Å². The average molecular weight is 641 g/mol. The van der Waals surface area contributed by atoms with E-state index >= 15 is 0 Å². The average Bonchev–Trinajstić information content (AvgIpc) is 2.97. The first-order valence-electron chi connectivity index (χ1n) is 16.9. The van der Waals surface area contributed by atoms with Crippen LogP contribution in [0.5, 0.6) is 0 Å². The predicted molar refractivity (Wildman–Crippen MR) is 176 cm³/mol. The first-order chi connectivity index (χ1) is 21.1. The maximum atomic E-state index is 13.2. The number of ketones is 1. The third kappa shape index (κ3) is 11.5. The monoisotopic (exact) mass is 640 g/mol. The van der Waals surface area contributed by atoms with Crippen LogP contribution in [-0.2, 0) is 28.5 Å². The van der Waals surface area contributed by atoms with Crippen molar-refractivity contribution in [2.75, 3.05) is 28.4 Å². The second kappa shape index (κ2) is 18.4. The lowest BCUT2D eigenvalue weighted by Crippen LogP contribution is -2.56. The predicted octanol–water partition coefficient (Wildman–Crippen LogP) is 5.24. The number of aliphatic hydroxyl groups is 3. The summed E-state index contributed by atoms with van der Waals surface area (Å²) in [7, 11) is 6.61. The molecule has 9 heteroatoms. The Labute approximate surface area is 272 Å². The number of carbonyl (C=O) groups excluding carboxylic acids is 1. The molecule has 3 N–H and O–H groups in total. The number of methoxy groups -OCH3 is 4. The lowest BCUT2D eigenvalue weighted by molar-refractivity contribution is -0.312. The highest BCUT2D eigenvalue weighted by Gasteiger charge is 2.46. The molecule has 2 fully saturated rings. The molecular weight excluding hydrogens is 576 g/mol. The molecule has 0 aromatic heterocycles. The number of aliphatic hydroxyl groups excluding tert-OH is 2. The summed E-state index contributed by atoms with van der Waals surface area (Å²) in [5.74, 6) is -0.954. The van der Waals surface area contributed by atoms with Crippen LogP contribution >= 0.6 is 0 Å². The van der Waals surface area contributed by atoms with Crippen molar-refractivity contribution >= 4 is 5.78 Å². The van der Waals surface area contributed by atoms with Crippen LogP contribution in [0.25, 0.3) is 0 Å². The number of rotatable bonds is 17. The zero-order chi connectivity index (χ0) is 34.1. The van der Waals surface area contributed by atoms with Gasteiger partial charge in [-0.1, -0.05) is 39.8 Å². The lowest BCUT2D eigenvalue weighted by atomic mass is 9.82. The highest BCUT2D eigenvalue weighted by atomic mass is 16.7. The normalized spacial score (nSPS) is 34.1. The molecule has 0 aromatic carbocycles. The third-order valence-corrected chi connectivity index (χ3v) is 10.4. The van der Waals surface area contributed by atoms with E-state index in [2.05, 4.69) is 19.9 Å². The summed E-state index contributed by atoms with van der Waals surface area (Å²) in [6.45, 7) is 13.7. The van der Waals surface area contributed by atoms with Crippen molar-refractivity contribution in [3.63, 3.8) is 0 Å². The van der Waals surface area contributed by atoms with Crippen LogP contribution in [0.15, 0.2) is 23.3 Å². The van der Waals surface area contributed by atoms with E-state index in [9.17, 15) is 20.1 Å². The molecule has 45 heavy (non-hydrogen) atoms. The molecule has 3 unspecified atom stereocenters.